The van der Waals surface area contributed by atoms with Gasteiger partial charge in [0.1, 0.15) is 11.6 Å². The average molecular weight is 358 g/mol. The predicted molar refractivity (Wildman–Crippen MR) is 91.9 cm³/mol. The Hall–Kier alpha value is -2.91. The first kappa shape index (κ1) is 16.9. The Labute approximate surface area is 148 Å². The summed E-state index contributed by atoms with van der Waals surface area (Å²) in [6.45, 7) is 1.62. The number of carbonyl (C=O) groups is 1. The molecule has 0 aliphatic rings. The van der Waals surface area contributed by atoms with Crippen LogP contribution in [0, 0.1) is 24.1 Å². The molecule has 0 aliphatic heterocycles. The zero-order valence-electron chi connectivity index (χ0n) is 13.7. The van der Waals surface area contributed by atoms with Gasteiger partial charge in [0.2, 0.25) is 0 Å². The maximum Gasteiger partial charge on any atom is 0.309 e. The highest BCUT2D eigenvalue weighted by Crippen LogP contribution is 2.36. The Morgan fingerprint density at radius 1 is 1.40 bits per heavy atom. The highest BCUT2D eigenvalue weighted by Gasteiger charge is 2.26. The third-order valence-corrected chi connectivity index (χ3v) is 4.08. The SMILES string of the molecule is Cc1c(-c2cccc(Cl)c2)c(F)c2oc(C(=O)N(C)C)nc2c1C#N. The van der Waals surface area contributed by atoms with Gasteiger partial charge in [0, 0.05) is 24.7 Å². The third-order valence-electron chi connectivity index (χ3n) is 3.85. The summed E-state index contributed by atoms with van der Waals surface area (Å²) in [5.41, 5.74) is 1.10. The van der Waals surface area contributed by atoms with Crippen LogP contribution in [0.3, 0.4) is 0 Å². The molecular formula is C18H13ClFN3O2. The van der Waals surface area contributed by atoms with Crippen LogP contribution in [0.5, 0.6) is 0 Å². The van der Waals surface area contributed by atoms with Gasteiger partial charge in [-0.1, -0.05) is 23.7 Å². The van der Waals surface area contributed by atoms with Gasteiger partial charge in [-0.2, -0.15) is 5.26 Å². The standard InChI is InChI=1S/C18H13ClFN3O2/c1-9-12(8-21)15-16(25-17(22-15)18(24)23(2)3)14(20)13(9)10-5-4-6-11(19)7-10/h4-7H,1-3H3. The summed E-state index contributed by atoms with van der Waals surface area (Å²) < 4.78 is 20.5. The van der Waals surface area contributed by atoms with Gasteiger partial charge in [-0.05, 0) is 30.2 Å². The highest BCUT2D eigenvalue weighted by atomic mass is 35.5. The van der Waals surface area contributed by atoms with Crippen molar-refractivity contribution in [1.29, 1.82) is 5.26 Å². The molecule has 0 radical (unpaired) electrons. The summed E-state index contributed by atoms with van der Waals surface area (Å²) in [7, 11) is 3.06. The molecule has 1 aromatic heterocycles. The van der Waals surface area contributed by atoms with Crippen LogP contribution in [0.4, 0.5) is 4.39 Å². The second-order valence-electron chi connectivity index (χ2n) is 5.71. The lowest BCUT2D eigenvalue weighted by Crippen LogP contribution is -2.21. The number of oxazole rings is 1. The summed E-state index contributed by atoms with van der Waals surface area (Å²) in [5, 5.41) is 9.96. The Kier molecular flexibility index (Phi) is 4.19. The van der Waals surface area contributed by atoms with E-state index >= 15 is 4.39 Å². The summed E-state index contributed by atoms with van der Waals surface area (Å²) in [4.78, 5) is 17.4. The number of amides is 1. The number of rotatable bonds is 2. The van der Waals surface area contributed by atoms with E-state index in [1.165, 1.54) is 19.0 Å². The summed E-state index contributed by atoms with van der Waals surface area (Å²) in [6.07, 6.45) is 0. The number of nitrogens with zero attached hydrogens (tertiary/aromatic N) is 3. The maximum absolute atomic E-state index is 15.1. The van der Waals surface area contributed by atoms with Crippen LogP contribution < -0.4 is 0 Å². The Balaban J connectivity index is 2.37. The quantitative estimate of drug-likeness (QED) is 0.690. The van der Waals surface area contributed by atoms with Gasteiger partial charge in [0.15, 0.2) is 11.4 Å². The highest BCUT2D eigenvalue weighted by molar-refractivity contribution is 6.30. The lowest BCUT2D eigenvalue weighted by molar-refractivity contribution is 0.0791. The molecule has 126 valence electrons. The van der Waals surface area contributed by atoms with Gasteiger partial charge < -0.3 is 9.32 Å². The van der Waals surface area contributed by atoms with Crippen molar-refractivity contribution in [2.24, 2.45) is 0 Å². The normalized spacial score (nSPS) is 10.7. The molecule has 5 nitrogen and oxygen atoms in total. The lowest BCUT2D eigenvalue weighted by Gasteiger charge is -2.10. The van der Waals surface area contributed by atoms with E-state index in [0.717, 1.165) is 0 Å². The van der Waals surface area contributed by atoms with E-state index < -0.39 is 11.7 Å². The molecule has 0 bridgehead atoms. The molecule has 0 saturated heterocycles. The largest absolute Gasteiger partial charge is 0.429 e. The van der Waals surface area contributed by atoms with Crippen molar-refractivity contribution >= 4 is 28.6 Å². The second-order valence-corrected chi connectivity index (χ2v) is 6.14. The van der Waals surface area contributed by atoms with Crippen LogP contribution >= 0.6 is 11.6 Å². The van der Waals surface area contributed by atoms with Gasteiger partial charge in [-0.3, -0.25) is 4.79 Å². The molecule has 0 spiro atoms. The van der Waals surface area contributed by atoms with Crippen molar-refractivity contribution in [3.63, 3.8) is 0 Å². The van der Waals surface area contributed by atoms with Crippen LogP contribution in [-0.4, -0.2) is 29.9 Å². The van der Waals surface area contributed by atoms with E-state index in [1.807, 2.05) is 6.07 Å². The zero-order valence-corrected chi connectivity index (χ0v) is 14.5. The molecular weight excluding hydrogens is 345 g/mol. The first-order valence-corrected chi connectivity index (χ1v) is 7.73. The number of carbonyl (C=O) groups excluding carboxylic acids is 1. The van der Waals surface area contributed by atoms with E-state index in [9.17, 15) is 10.1 Å². The zero-order chi connectivity index (χ0) is 18.3. The monoisotopic (exact) mass is 357 g/mol. The van der Waals surface area contributed by atoms with Gasteiger partial charge in [-0.25, -0.2) is 9.37 Å². The van der Waals surface area contributed by atoms with Crippen LogP contribution in [0.15, 0.2) is 28.7 Å². The van der Waals surface area contributed by atoms with Crippen molar-refractivity contribution in [2.75, 3.05) is 14.1 Å². The number of nitriles is 1. The fraction of sp³-hybridized carbons (Fsp3) is 0.167. The Bertz CT molecular complexity index is 1050. The molecule has 0 saturated carbocycles. The molecule has 2 aromatic carbocycles. The van der Waals surface area contributed by atoms with Crippen molar-refractivity contribution in [2.45, 2.75) is 6.92 Å². The second kappa shape index (κ2) is 6.19. The number of benzene rings is 2. The first-order valence-electron chi connectivity index (χ1n) is 7.35. The molecule has 0 atom stereocenters. The summed E-state index contributed by atoms with van der Waals surface area (Å²) in [6, 6.07) is 8.67. The molecule has 7 heteroatoms. The fourth-order valence-electron chi connectivity index (χ4n) is 2.63. The van der Waals surface area contributed by atoms with Crippen molar-refractivity contribution in [1.82, 2.24) is 9.88 Å². The van der Waals surface area contributed by atoms with Crippen LogP contribution in [0.2, 0.25) is 5.02 Å². The minimum Gasteiger partial charge on any atom is -0.429 e. The van der Waals surface area contributed by atoms with Gasteiger partial charge in [0.05, 0.1) is 5.56 Å². The predicted octanol–water partition coefficient (Wildman–Crippen LogP) is 4.17. The third kappa shape index (κ3) is 2.73. The number of fused-ring (bicyclic) bond motifs is 1. The van der Waals surface area contributed by atoms with Crippen LogP contribution in [-0.2, 0) is 0 Å². The number of hydrogen-bond acceptors (Lipinski definition) is 4. The average Bonchev–Trinajstić information content (AvgIpc) is 3.00. The molecule has 1 amide bonds. The minimum atomic E-state index is -0.681. The van der Waals surface area contributed by atoms with Gasteiger partial charge in [-0.15, -0.1) is 0 Å². The van der Waals surface area contributed by atoms with E-state index in [0.29, 0.717) is 16.1 Å². The molecule has 0 N–H and O–H groups in total. The van der Waals surface area contributed by atoms with E-state index in [-0.39, 0.29) is 28.1 Å². The molecule has 1 heterocycles. The van der Waals surface area contributed by atoms with E-state index in [2.05, 4.69) is 4.98 Å². The van der Waals surface area contributed by atoms with E-state index in [1.54, 1.807) is 31.2 Å². The minimum absolute atomic E-state index is 0.0356. The first-order chi connectivity index (χ1) is 11.8. The summed E-state index contributed by atoms with van der Waals surface area (Å²) >= 11 is 6.00. The molecule has 3 aromatic rings. The topological polar surface area (TPSA) is 70.1 Å². The maximum atomic E-state index is 15.1. The van der Waals surface area contributed by atoms with Crippen LogP contribution in [0.1, 0.15) is 21.8 Å². The summed E-state index contributed by atoms with van der Waals surface area (Å²) in [5.74, 6) is -1.46. The van der Waals surface area contributed by atoms with Crippen molar-refractivity contribution in [3.05, 3.63) is 52.1 Å². The fourth-order valence-corrected chi connectivity index (χ4v) is 2.82. The molecule has 0 unspecified atom stereocenters. The molecule has 25 heavy (non-hydrogen) atoms. The number of halogens is 2. The van der Waals surface area contributed by atoms with Crippen molar-refractivity contribution in [3.8, 4) is 17.2 Å². The molecule has 3 rings (SSSR count). The smallest absolute Gasteiger partial charge is 0.309 e. The Morgan fingerprint density at radius 2 is 2.12 bits per heavy atom. The van der Waals surface area contributed by atoms with Crippen LogP contribution in [0.25, 0.3) is 22.2 Å². The van der Waals surface area contributed by atoms with Crippen molar-refractivity contribution < 1.29 is 13.6 Å². The molecule has 0 aliphatic carbocycles. The number of hydrogen-bond donors (Lipinski definition) is 0. The lowest BCUT2D eigenvalue weighted by atomic mass is 9.95. The van der Waals surface area contributed by atoms with E-state index in [4.69, 9.17) is 16.0 Å². The van der Waals surface area contributed by atoms with Gasteiger partial charge >= 0.3 is 5.91 Å². The molecule has 0 fully saturated rings. The number of aromatic nitrogens is 1. The Morgan fingerprint density at radius 3 is 2.72 bits per heavy atom. The van der Waals surface area contributed by atoms with Gasteiger partial charge in [0.25, 0.3) is 5.89 Å².